The minimum absolute atomic E-state index is 0.101. The normalized spacial score (nSPS) is 11.1. The summed E-state index contributed by atoms with van der Waals surface area (Å²) in [4.78, 5) is 18.3. The molecule has 0 radical (unpaired) electrons. The highest BCUT2D eigenvalue weighted by Gasteiger charge is 2.07. The minimum Gasteiger partial charge on any atom is -0.494 e. The molecule has 1 amide bonds. The van der Waals surface area contributed by atoms with E-state index in [1.54, 1.807) is 19.2 Å². The minimum atomic E-state index is -0.306. The fraction of sp³-hybridized carbons (Fsp3) is 0.364. The summed E-state index contributed by atoms with van der Waals surface area (Å²) >= 11 is 0. The van der Waals surface area contributed by atoms with Gasteiger partial charge in [0.05, 0.1) is 13.0 Å². The molecule has 2 aromatic rings. The Morgan fingerprint density at radius 2 is 1.66 bits per heavy atom. The Bertz CT molecular complexity index is 791. The summed E-state index contributed by atoms with van der Waals surface area (Å²) in [6.45, 7) is 4.33. The number of hydrogen-bond acceptors (Lipinski definition) is 3. The Kier molecular flexibility index (Phi) is 8.95. The number of hydrogen-bond donors (Lipinski definition) is 2. The number of benzene rings is 2. The van der Waals surface area contributed by atoms with E-state index in [1.807, 2.05) is 43.1 Å². The van der Waals surface area contributed by atoms with Crippen molar-refractivity contribution in [3.05, 3.63) is 65.5 Å². The van der Waals surface area contributed by atoms with Gasteiger partial charge >= 0.3 is 0 Å². The van der Waals surface area contributed by atoms with Gasteiger partial charge in [0.15, 0.2) is 5.96 Å². The van der Waals surface area contributed by atoms with Crippen molar-refractivity contribution >= 4 is 11.9 Å². The van der Waals surface area contributed by atoms with Crippen LogP contribution in [-0.4, -0.2) is 50.6 Å². The van der Waals surface area contributed by atoms with Gasteiger partial charge in [-0.1, -0.05) is 24.3 Å². The zero-order valence-electron chi connectivity index (χ0n) is 17.2. The monoisotopic (exact) mass is 400 g/mol. The standard InChI is InChI=1S/C22H29FN4O2/c1-4-29-20-11-7-18(8-12-20)16-27(3)22(24-2)26-14-13-25-21(28)15-17-5-9-19(23)10-6-17/h5-12H,4,13-16H2,1-3H3,(H,24,26)(H,25,28). The van der Waals surface area contributed by atoms with Gasteiger partial charge in [0.25, 0.3) is 0 Å². The molecule has 0 saturated heterocycles. The molecule has 0 bridgehead atoms. The molecule has 0 spiro atoms. The molecule has 0 aromatic heterocycles. The fourth-order valence-electron chi connectivity index (χ4n) is 2.82. The molecule has 0 aliphatic heterocycles. The van der Waals surface area contributed by atoms with Crippen LogP contribution >= 0.6 is 0 Å². The number of ether oxygens (including phenoxy) is 1. The van der Waals surface area contributed by atoms with Gasteiger partial charge < -0.3 is 20.3 Å². The lowest BCUT2D eigenvalue weighted by Crippen LogP contribution is -2.42. The maximum atomic E-state index is 12.9. The van der Waals surface area contributed by atoms with Crippen molar-refractivity contribution in [2.75, 3.05) is 33.8 Å². The van der Waals surface area contributed by atoms with E-state index in [0.29, 0.717) is 26.2 Å². The van der Waals surface area contributed by atoms with Gasteiger partial charge in [-0.15, -0.1) is 0 Å². The van der Waals surface area contributed by atoms with Gasteiger partial charge in [0.1, 0.15) is 11.6 Å². The van der Waals surface area contributed by atoms with Crippen LogP contribution < -0.4 is 15.4 Å². The van der Waals surface area contributed by atoms with Gasteiger partial charge in [-0.3, -0.25) is 9.79 Å². The third-order valence-electron chi connectivity index (χ3n) is 4.24. The topological polar surface area (TPSA) is 66.0 Å². The molecule has 0 atom stereocenters. The number of carbonyl (C=O) groups excluding carboxylic acids is 1. The largest absolute Gasteiger partial charge is 0.494 e. The summed E-state index contributed by atoms with van der Waals surface area (Å²) in [6, 6.07) is 13.9. The maximum Gasteiger partial charge on any atom is 0.224 e. The molecule has 6 nitrogen and oxygen atoms in total. The lowest BCUT2D eigenvalue weighted by Gasteiger charge is -2.22. The van der Waals surface area contributed by atoms with E-state index >= 15 is 0 Å². The predicted molar refractivity (Wildman–Crippen MR) is 114 cm³/mol. The van der Waals surface area contributed by atoms with Gasteiger partial charge in [-0.25, -0.2) is 4.39 Å². The van der Waals surface area contributed by atoms with Crippen LogP contribution in [0.15, 0.2) is 53.5 Å². The first kappa shape index (κ1) is 22.2. The van der Waals surface area contributed by atoms with Gasteiger partial charge in [-0.2, -0.15) is 0 Å². The van der Waals surface area contributed by atoms with Crippen molar-refractivity contribution in [1.29, 1.82) is 0 Å². The second-order valence-electron chi connectivity index (χ2n) is 6.56. The summed E-state index contributed by atoms with van der Waals surface area (Å²) < 4.78 is 18.4. The van der Waals surface area contributed by atoms with Crippen LogP contribution in [0.1, 0.15) is 18.1 Å². The van der Waals surface area contributed by atoms with E-state index in [9.17, 15) is 9.18 Å². The molecule has 0 fully saturated rings. The van der Waals surface area contributed by atoms with E-state index < -0.39 is 0 Å². The van der Waals surface area contributed by atoms with E-state index in [2.05, 4.69) is 15.6 Å². The zero-order valence-corrected chi connectivity index (χ0v) is 17.2. The first-order valence-electron chi connectivity index (χ1n) is 9.66. The van der Waals surface area contributed by atoms with E-state index in [-0.39, 0.29) is 18.1 Å². The van der Waals surface area contributed by atoms with Crippen molar-refractivity contribution in [2.24, 2.45) is 4.99 Å². The number of guanidine groups is 1. The third kappa shape index (κ3) is 7.81. The Morgan fingerprint density at radius 1 is 1.03 bits per heavy atom. The van der Waals surface area contributed by atoms with Crippen molar-refractivity contribution in [2.45, 2.75) is 19.9 Å². The summed E-state index contributed by atoms with van der Waals surface area (Å²) in [5.41, 5.74) is 1.93. The quantitative estimate of drug-likeness (QED) is 0.386. The first-order chi connectivity index (χ1) is 14.0. The number of nitrogens with one attached hydrogen (secondary N) is 2. The molecule has 0 aliphatic rings. The number of halogens is 1. The van der Waals surface area contributed by atoms with Gasteiger partial charge in [0.2, 0.25) is 5.91 Å². The molecule has 2 aromatic carbocycles. The predicted octanol–water partition coefficient (Wildman–Crippen LogP) is 2.59. The van der Waals surface area contributed by atoms with Gasteiger partial charge in [0, 0.05) is 33.7 Å². The number of carbonyl (C=O) groups is 1. The molecular weight excluding hydrogens is 371 g/mol. The van der Waals surface area contributed by atoms with E-state index in [1.165, 1.54) is 12.1 Å². The van der Waals surface area contributed by atoms with Crippen molar-refractivity contribution in [1.82, 2.24) is 15.5 Å². The highest BCUT2D eigenvalue weighted by Crippen LogP contribution is 2.13. The Balaban J connectivity index is 1.72. The number of rotatable bonds is 9. The molecule has 0 saturated carbocycles. The molecule has 2 rings (SSSR count). The van der Waals surface area contributed by atoms with Crippen molar-refractivity contribution < 1.29 is 13.9 Å². The highest BCUT2D eigenvalue weighted by molar-refractivity contribution is 5.80. The highest BCUT2D eigenvalue weighted by atomic mass is 19.1. The smallest absolute Gasteiger partial charge is 0.224 e. The third-order valence-corrected chi connectivity index (χ3v) is 4.24. The van der Waals surface area contributed by atoms with E-state index in [4.69, 9.17) is 4.74 Å². The second kappa shape index (κ2) is 11.7. The lowest BCUT2D eigenvalue weighted by atomic mass is 10.1. The summed E-state index contributed by atoms with van der Waals surface area (Å²) in [6.07, 6.45) is 0.229. The molecule has 2 N–H and O–H groups in total. The number of nitrogens with zero attached hydrogens (tertiary/aromatic N) is 2. The van der Waals surface area contributed by atoms with Crippen LogP contribution in [-0.2, 0) is 17.8 Å². The molecule has 0 heterocycles. The van der Waals surface area contributed by atoms with Crippen LogP contribution in [0.2, 0.25) is 0 Å². The van der Waals surface area contributed by atoms with Crippen LogP contribution in [0, 0.1) is 5.82 Å². The summed E-state index contributed by atoms with van der Waals surface area (Å²) in [5, 5.41) is 6.08. The summed E-state index contributed by atoms with van der Waals surface area (Å²) in [7, 11) is 3.68. The Morgan fingerprint density at radius 3 is 2.28 bits per heavy atom. The van der Waals surface area contributed by atoms with Crippen LogP contribution in [0.3, 0.4) is 0 Å². The van der Waals surface area contributed by atoms with Gasteiger partial charge in [-0.05, 0) is 42.3 Å². The zero-order chi connectivity index (χ0) is 21.1. The Labute approximate surface area is 171 Å². The van der Waals surface area contributed by atoms with Crippen molar-refractivity contribution in [3.8, 4) is 5.75 Å². The second-order valence-corrected chi connectivity index (χ2v) is 6.56. The molecular formula is C22H29FN4O2. The van der Waals surface area contributed by atoms with Crippen LogP contribution in [0.25, 0.3) is 0 Å². The molecule has 0 unspecified atom stereocenters. The Hall–Kier alpha value is -3.09. The van der Waals surface area contributed by atoms with Crippen molar-refractivity contribution in [3.63, 3.8) is 0 Å². The SMILES string of the molecule is CCOc1ccc(CN(C)C(=NC)NCCNC(=O)Cc2ccc(F)cc2)cc1. The van der Waals surface area contributed by atoms with Crippen LogP contribution in [0.4, 0.5) is 4.39 Å². The molecule has 7 heteroatoms. The fourth-order valence-corrected chi connectivity index (χ4v) is 2.82. The average molecular weight is 400 g/mol. The lowest BCUT2D eigenvalue weighted by molar-refractivity contribution is -0.120. The van der Waals surface area contributed by atoms with E-state index in [0.717, 1.165) is 22.8 Å². The number of aliphatic imine (C=N–C) groups is 1. The first-order valence-corrected chi connectivity index (χ1v) is 9.66. The number of amides is 1. The molecule has 29 heavy (non-hydrogen) atoms. The maximum absolute atomic E-state index is 12.9. The molecule has 156 valence electrons. The summed E-state index contributed by atoms with van der Waals surface area (Å²) in [5.74, 6) is 1.19. The van der Waals surface area contributed by atoms with Crippen LogP contribution in [0.5, 0.6) is 5.75 Å². The molecule has 0 aliphatic carbocycles. The average Bonchev–Trinajstić information content (AvgIpc) is 2.71.